The van der Waals surface area contributed by atoms with Gasteiger partial charge in [0, 0.05) is 26.3 Å². The van der Waals surface area contributed by atoms with Crippen LogP contribution in [0.2, 0.25) is 0 Å². The van der Waals surface area contributed by atoms with Crippen molar-refractivity contribution < 1.29 is 9.53 Å². The number of nitrogens with zero attached hydrogens (tertiary/aromatic N) is 5. The standard InChI is InChI=1S/C22H24N8O2/c1-23-21(31)17-18(25-13-10-32-11-13)14-7-24-22(26-12-8-29(2)9-12)28-19(14)30-16-6-4-3-5-15(16)27-20(17)30/h3-7,12-13,25H,8-11H2,1-2H3,(H,23,31)(H,24,26,28). The van der Waals surface area contributed by atoms with Gasteiger partial charge in [0.15, 0.2) is 11.3 Å². The molecule has 0 radical (unpaired) electrons. The van der Waals surface area contributed by atoms with Gasteiger partial charge >= 0.3 is 0 Å². The van der Waals surface area contributed by atoms with Crippen LogP contribution in [-0.2, 0) is 4.74 Å². The maximum Gasteiger partial charge on any atom is 0.256 e. The molecule has 2 saturated heterocycles. The number of imidazole rings is 1. The lowest BCUT2D eigenvalue weighted by atomic mass is 10.1. The van der Waals surface area contributed by atoms with Crippen LogP contribution < -0.4 is 16.0 Å². The largest absolute Gasteiger partial charge is 0.377 e. The first kappa shape index (κ1) is 19.2. The summed E-state index contributed by atoms with van der Waals surface area (Å²) in [6.45, 7) is 3.09. The van der Waals surface area contributed by atoms with Gasteiger partial charge in [0.1, 0.15) is 5.56 Å². The van der Waals surface area contributed by atoms with Crippen molar-refractivity contribution in [2.45, 2.75) is 12.1 Å². The number of hydrogen-bond acceptors (Lipinski definition) is 8. The summed E-state index contributed by atoms with van der Waals surface area (Å²) in [5, 5.41) is 10.4. The second kappa shape index (κ2) is 7.28. The van der Waals surface area contributed by atoms with Gasteiger partial charge in [-0.2, -0.15) is 4.98 Å². The summed E-state index contributed by atoms with van der Waals surface area (Å²) in [4.78, 5) is 29.6. The number of aromatic nitrogens is 4. The molecule has 10 nitrogen and oxygen atoms in total. The minimum Gasteiger partial charge on any atom is -0.377 e. The first-order valence-corrected chi connectivity index (χ1v) is 10.7. The fraction of sp³-hybridized carbons (Fsp3) is 0.364. The predicted octanol–water partition coefficient (Wildman–Crippen LogP) is 1.33. The van der Waals surface area contributed by atoms with Crippen LogP contribution in [0.5, 0.6) is 0 Å². The minimum atomic E-state index is -0.213. The van der Waals surface area contributed by atoms with Crippen molar-refractivity contribution in [3.63, 3.8) is 0 Å². The van der Waals surface area contributed by atoms with Gasteiger partial charge in [0.25, 0.3) is 5.91 Å². The molecule has 2 aliphatic rings. The molecule has 3 aromatic heterocycles. The van der Waals surface area contributed by atoms with Crippen molar-refractivity contribution in [3.8, 4) is 0 Å². The van der Waals surface area contributed by atoms with Crippen LogP contribution in [0.3, 0.4) is 0 Å². The van der Waals surface area contributed by atoms with Gasteiger partial charge in [-0.05, 0) is 19.2 Å². The monoisotopic (exact) mass is 432 g/mol. The number of ether oxygens (including phenoxy) is 1. The van der Waals surface area contributed by atoms with Crippen LogP contribution in [0.4, 0.5) is 11.6 Å². The molecule has 0 atom stereocenters. The molecule has 0 bridgehead atoms. The highest BCUT2D eigenvalue weighted by Crippen LogP contribution is 2.34. The lowest BCUT2D eigenvalue weighted by Crippen LogP contribution is -2.52. The number of anilines is 2. The number of carbonyl (C=O) groups is 1. The molecule has 4 aromatic rings. The molecule has 32 heavy (non-hydrogen) atoms. The molecule has 2 fully saturated rings. The molecule has 0 unspecified atom stereocenters. The van der Waals surface area contributed by atoms with E-state index in [4.69, 9.17) is 14.7 Å². The summed E-state index contributed by atoms with van der Waals surface area (Å²) < 4.78 is 7.30. The van der Waals surface area contributed by atoms with Crippen LogP contribution in [0.1, 0.15) is 10.4 Å². The Morgan fingerprint density at radius 1 is 1.09 bits per heavy atom. The topological polar surface area (TPSA) is 109 Å². The van der Waals surface area contributed by atoms with Crippen molar-refractivity contribution in [3.05, 3.63) is 36.0 Å². The molecule has 2 aliphatic heterocycles. The molecule has 0 saturated carbocycles. The highest BCUT2D eigenvalue weighted by molar-refractivity contribution is 6.13. The number of amides is 1. The van der Waals surface area contributed by atoms with Crippen molar-refractivity contribution in [2.24, 2.45) is 0 Å². The number of benzene rings is 1. The molecule has 1 aromatic carbocycles. The van der Waals surface area contributed by atoms with Crippen LogP contribution in [0.25, 0.3) is 27.7 Å². The highest BCUT2D eigenvalue weighted by atomic mass is 16.5. The average Bonchev–Trinajstić information content (AvgIpc) is 3.13. The quantitative estimate of drug-likeness (QED) is 0.433. The Labute approximate surface area is 184 Å². The molecule has 3 N–H and O–H groups in total. The van der Waals surface area contributed by atoms with Gasteiger partial charge in [-0.25, -0.2) is 9.97 Å². The number of fused-ring (bicyclic) bond motifs is 5. The predicted molar refractivity (Wildman–Crippen MR) is 122 cm³/mol. The zero-order valence-electron chi connectivity index (χ0n) is 17.9. The second-order valence-electron chi connectivity index (χ2n) is 8.46. The normalized spacial score (nSPS) is 17.4. The summed E-state index contributed by atoms with van der Waals surface area (Å²) in [6, 6.07) is 8.28. The lowest BCUT2D eigenvalue weighted by molar-refractivity contribution is 0.0211. The van der Waals surface area contributed by atoms with Gasteiger partial charge in [0.2, 0.25) is 5.95 Å². The minimum absolute atomic E-state index is 0.122. The average molecular weight is 432 g/mol. The third-order valence-electron chi connectivity index (χ3n) is 6.12. The van der Waals surface area contributed by atoms with E-state index in [9.17, 15) is 4.79 Å². The molecule has 5 heterocycles. The van der Waals surface area contributed by atoms with E-state index in [1.165, 1.54) is 0 Å². The zero-order chi connectivity index (χ0) is 21.8. The number of nitrogens with one attached hydrogen (secondary N) is 3. The number of carbonyl (C=O) groups excluding carboxylic acids is 1. The van der Waals surface area contributed by atoms with Crippen molar-refractivity contribution >= 4 is 45.3 Å². The summed E-state index contributed by atoms with van der Waals surface area (Å²) in [6.07, 6.45) is 1.79. The molecule has 0 aliphatic carbocycles. The fourth-order valence-electron chi connectivity index (χ4n) is 4.43. The number of pyridine rings is 1. The third kappa shape index (κ3) is 2.94. The molecule has 1 amide bonds. The number of likely N-dealkylation sites (tertiary alicyclic amines) is 1. The Bertz CT molecular complexity index is 1360. The second-order valence-corrected chi connectivity index (χ2v) is 8.46. The van der Waals surface area contributed by atoms with Gasteiger partial charge in [-0.3, -0.25) is 9.20 Å². The van der Waals surface area contributed by atoms with E-state index in [0.29, 0.717) is 47.7 Å². The maximum absolute atomic E-state index is 13.1. The number of hydrogen-bond donors (Lipinski definition) is 3. The Morgan fingerprint density at radius 2 is 1.91 bits per heavy atom. The Morgan fingerprint density at radius 3 is 2.62 bits per heavy atom. The Kier molecular flexibility index (Phi) is 4.37. The molecule has 10 heteroatoms. The van der Waals surface area contributed by atoms with E-state index in [1.54, 1.807) is 13.2 Å². The van der Waals surface area contributed by atoms with Crippen molar-refractivity contribution in [1.29, 1.82) is 0 Å². The first-order valence-electron chi connectivity index (χ1n) is 10.7. The van der Waals surface area contributed by atoms with Gasteiger partial charge in [0.05, 0.1) is 47.4 Å². The SMILES string of the molecule is CNC(=O)c1c(NC2COC2)c2cnc(NC3CN(C)C3)nc2n2c1nc1ccccc12. The van der Waals surface area contributed by atoms with E-state index < -0.39 is 0 Å². The Hall–Kier alpha value is -3.50. The van der Waals surface area contributed by atoms with E-state index in [2.05, 4.69) is 32.9 Å². The lowest BCUT2D eigenvalue weighted by Gasteiger charge is -2.36. The number of rotatable bonds is 5. The number of para-hydroxylation sites is 2. The van der Waals surface area contributed by atoms with E-state index in [-0.39, 0.29) is 11.9 Å². The Balaban J connectivity index is 1.63. The smallest absolute Gasteiger partial charge is 0.256 e. The third-order valence-corrected chi connectivity index (χ3v) is 6.12. The summed E-state index contributed by atoms with van der Waals surface area (Å²) in [7, 11) is 3.71. The first-order chi connectivity index (χ1) is 15.6. The van der Waals surface area contributed by atoms with E-state index in [1.807, 2.05) is 28.7 Å². The summed E-state index contributed by atoms with van der Waals surface area (Å²) >= 11 is 0. The molecule has 6 rings (SSSR count). The van der Waals surface area contributed by atoms with E-state index >= 15 is 0 Å². The zero-order valence-corrected chi connectivity index (χ0v) is 17.9. The molecular formula is C22H24N8O2. The number of likely N-dealkylation sites (N-methyl/N-ethyl adjacent to an activating group) is 1. The fourth-order valence-corrected chi connectivity index (χ4v) is 4.43. The van der Waals surface area contributed by atoms with Crippen LogP contribution in [0, 0.1) is 0 Å². The van der Waals surface area contributed by atoms with Gasteiger partial charge in [-0.1, -0.05) is 12.1 Å². The highest BCUT2D eigenvalue weighted by Gasteiger charge is 2.28. The summed E-state index contributed by atoms with van der Waals surface area (Å²) in [5.41, 5.74) is 4.13. The molecule has 0 spiro atoms. The van der Waals surface area contributed by atoms with Crippen molar-refractivity contribution in [1.82, 2.24) is 29.6 Å². The van der Waals surface area contributed by atoms with Gasteiger partial charge in [-0.15, -0.1) is 0 Å². The van der Waals surface area contributed by atoms with Crippen LogP contribution in [-0.4, -0.2) is 82.6 Å². The maximum atomic E-state index is 13.1. The van der Waals surface area contributed by atoms with Crippen molar-refractivity contribution in [2.75, 3.05) is 51.0 Å². The molecular weight excluding hydrogens is 408 g/mol. The van der Waals surface area contributed by atoms with Gasteiger partial charge < -0.3 is 25.6 Å². The molecule has 164 valence electrons. The summed E-state index contributed by atoms with van der Waals surface area (Å²) in [5.74, 6) is 0.356. The van der Waals surface area contributed by atoms with E-state index in [0.717, 1.165) is 29.5 Å². The van der Waals surface area contributed by atoms with Crippen LogP contribution in [0.15, 0.2) is 30.5 Å². The van der Waals surface area contributed by atoms with Crippen LogP contribution >= 0.6 is 0 Å².